The number of hydrogen-bond donors (Lipinski definition) is 2. The minimum absolute atomic E-state index is 0.233. The molecule has 0 radical (unpaired) electrons. The Morgan fingerprint density at radius 3 is 2.94 bits per heavy atom. The third-order valence-corrected chi connectivity index (χ3v) is 3.61. The number of ether oxygens (including phenoxy) is 1. The number of nitrogens with zero attached hydrogens (tertiary/aromatic N) is 2. The molecule has 0 aromatic rings. The summed E-state index contributed by atoms with van der Waals surface area (Å²) >= 11 is 0. The summed E-state index contributed by atoms with van der Waals surface area (Å²) in [6.07, 6.45) is 3.41. The van der Waals surface area contributed by atoms with Crippen molar-refractivity contribution in [2.45, 2.75) is 46.1 Å². The van der Waals surface area contributed by atoms with Crippen molar-refractivity contribution in [3.05, 3.63) is 0 Å². The van der Waals surface area contributed by atoms with Crippen LogP contribution in [-0.4, -0.2) is 48.3 Å². The molecule has 0 aromatic carbocycles. The van der Waals surface area contributed by atoms with Crippen LogP contribution in [-0.2, 0) is 4.74 Å². The molecular formula is C13H27N3O2. The zero-order chi connectivity index (χ0) is 13.6. The van der Waals surface area contributed by atoms with Gasteiger partial charge in [0, 0.05) is 25.1 Å². The van der Waals surface area contributed by atoms with Gasteiger partial charge in [0.15, 0.2) is 0 Å². The van der Waals surface area contributed by atoms with Crippen LogP contribution in [0.4, 0.5) is 0 Å². The van der Waals surface area contributed by atoms with Crippen LogP contribution in [0.25, 0.3) is 0 Å². The molecule has 0 saturated carbocycles. The molecule has 106 valence electrons. The molecule has 0 aliphatic carbocycles. The van der Waals surface area contributed by atoms with Gasteiger partial charge in [0.2, 0.25) is 0 Å². The lowest BCUT2D eigenvalue weighted by Crippen LogP contribution is -2.35. The quantitative estimate of drug-likeness (QED) is 0.340. The molecule has 1 aliphatic rings. The molecule has 1 rings (SSSR count). The standard InChI is InChI=1S/C13H27N3O2/c1-11-10-16(8-5-9-18-11)7-4-6-13(2,3)12(14)15-17/h11,17H,4-10H2,1-3H3,(H2,14,15). The highest BCUT2D eigenvalue weighted by Gasteiger charge is 2.23. The first-order chi connectivity index (χ1) is 8.45. The molecule has 0 amide bonds. The number of rotatable bonds is 5. The maximum absolute atomic E-state index is 8.73. The Hall–Kier alpha value is -0.810. The smallest absolute Gasteiger partial charge is 0.144 e. The summed E-state index contributed by atoms with van der Waals surface area (Å²) in [6.45, 7) is 10.2. The molecule has 1 fully saturated rings. The number of hydrogen-bond acceptors (Lipinski definition) is 4. The Bertz CT molecular complexity index is 279. The van der Waals surface area contributed by atoms with E-state index in [1.165, 1.54) is 0 Å². The van der Waals surface area contributed by atoms with E-state index in [2.05, 4.69) is 17.0 Å². The van der Waals surface area contributed by atoms with E-state index < -0.39 is 0 Å². The van der Waals surface area contributed by atoms with Crippen LogP contribution in [0.1, 0.15) is 40.0 Å². The topological polar surface area (TPSA) is 71.1 Å². The largest absolute Gasteiger partial charge is 0.409 e. The van der Waals surface area contributed by atoms with Gasteiger partial charge in [-0.2, -0.15) is 0 Å². The summed E-state index contributed by atoms with van der Waals surface area (Å²) in [5.41, 5.74) is 5.45. The Morgan fingerprint density at radius 1 is 1.56 bits per heavy atom. The number of nitrogens with two attached hydrogens (primary N) is 1. The number of amidine groups is 1. The summed E-state index contributed by atoms with van der Waals surface area (Å²) in [7, 11) is 0. The van der Waals surface area contributed by atoms with Crippen molar-refractivity contribution >= 4 is 5.84 Å². The second kappa shape index (κ2) is 6.95. The van der Waals surface area contributed by atoms with Gasteiger partial charge in [0.1, 0.15) is 5.84 Å². The Labute approximate surface area is 110 Å². The van der Waals surface area contributed by atoms with Crippen LogP contribution in [0.2, 0.25) is 0 Å². The monoisotopic (exact) mass is 257 g/mol. The van der Waals surface area contributed by atoms with E-state index in [9.17, 15) is 0 Å². The maximum Gasteiger partial charge on any atom is 0.144 e. The molecule has 1 aliphatic heterocycles. The van der Waals surface area contributed by atoms with Crippen molar-refractivity contribution in [1.29, 1.82) is 0 Å². The van der Waals surface area contributed by atoms with Crippen molar-refractivity contribution in [1.82, 2.24) is 4.90 Å². The second-order valence-electron chi connectivity index (χ2n) is 5.81. The van der Waals surface area contributed by atoms with Crippen molar-refractivity contribution in [2.24, 2.45) is 16.3 Å². The fourth-order valence-corrected chi connectivity index (χ4v) is 2.29. The van der Waals surface area contributed by atoms with Gasteiger partial charge in [0.05, 0.1) is 6.10 Å². The molecule has 3 N–H and O–H groups in total. The van der Waals surface area contributed by atoms with Crippen molar-refractivity contribution in [3.8, 4) is 0 Å². The Kier molecular flexibility index (Phi) is 5.88. The summed E-state index contributed by atoms with van der Waals surface area (Å²) < 4.78 is 5.62. The first kappa shape index (κ1) is 15.2. The van der Waals surface area contributed by atoms with E-state index in [0.29, 0.717) is 11.9 Å². The second-order valence-corrected chi connectivity index (χ2v) is 5.81. The average molecular weight is 257 g/mol. The highest BCUT2D eigenvalue weighted by molar-refractivity contribution is 5.85. The van der Waals surface area contributed by atoms with E-state index in [4.69, 9.17) is 15.7 Å². The highest BCUT2D eigenvalue weighted by atomic mass is 16.5. The normalized spacial score (nSPS) is 23.9. The molecule has 0 spiro atoms. The van der Waals surface area contributed by atoms with Gasteiger partial charge in [-0.25, -0.2) is 0 Å². The van der Waals surface area contributed by atoms with Gasteiger partial charge < -0.3 is 20.6 Å². The van der Waals surface area contributed by atoms with Crippen LogP contribution in [0.3, 0.4) is 0 Å². The molecule has 5 nitrogen and oxygen atoms in total. The lowest BCUT2D eigenvalue weighted by Gasteiger charge is -2.26. The lowest BCUT2D eigenvalue weighted by atomic mass is 9.86. The van der Waals surface area contributed by atoms with Gasteiger partial charge in [-0.05, 0) is 32.7 Å². The van der Waals surface area contributed by atoms with E-state index in [0.717, 1.165) is 45.5 Å². The van der Waals surface area contributed by atoms with E-state index >= 15 is 0 Å². The summed E-state index contributed by atoms with van der Waals surface area (Å²) in [5, 5.41) is 11.8. The molecule has 1 heterocycles. The maximum atomic E-state index is 8.73. The van der Waals surface area contributed by atoms with E-state index in [1.807, 2.05) is 13.8 Å². The summed E-state index contributed by atoms with van der Waals surface area (Å²) in [6, 6.07) is 0. The van der Waals surface area contributed by atoms with Crippen molar-refractivity contribution in [2.75, 3.05) is 26.2 Å². The van der Waals surface area contributed by atoms with Crippen LogP contribution in [0.5, 0.6) is 0 Å². The minimum atomic E-state index is -0.233. The third-order valence-electron chi connectivity index (χ3n) is 3.61. The molecule has 0 aromatic heterocycles. The average Bonchev–Trinajstić information content (AvgIpc) is 2.52. The molecule has 0 bridgehead atoms. The van der Waals surface area contributed by atoms with Crippen LogP contribution in [0.15, 0.2) is 5.16 Å². The van der Waals surface area contributed by atoms with Gasteiger partial charge in [-0.15, -0.1) is 0 Å². The zero-order valence-electron chi connectivity index (χ0n) is 11.9. The van der Waals surface area contributed by atoms with Gasteiger partial charge in [-0.3, -0.25) is 0 Å². The first-order valence-corrected chi connectivity index (χ1v) is 6.77. The van der Waals surface area contributed by atoms with Crippen molar-refractivity contribution in [3.63, 3.8) is 0 Å². The number of oxime groups is 1. The van der Waals surface area contributed by atoms with E-state index in [1.54, 1.807) is 0 Å². The first-order valence-electron chi connectivity index (χ1n) is 6.77. The highest BCUT2D eigenvalue weighted by Crippen LogP contribution is 2.22. The molecule has 1 atom stereocenters. The Morgan fingerprint density at radius 2 is 2.28 bits per heavy atom. The molecule has 18 heavy (non-hydrogen) atoms. The van der Waals surface area contributed by atoms with Gasteiger partial charge in [0.25, 0.3) is 0 Å². The minimum Gasteiger partial charge on any atom is -0.409 e. The molecule has 5 heteroatoms. The van der Waals surface area contributed by atoms with Gasteiger partial charge in [-0.1, -0.05) is 19.0 Å². The SMILES string of the molecule is CC1CN(CCCC(C)(C)C(N)=NO)CCCO1. The summed E-state index contributed by atoms with van der Waals surface area (Å²) in [4.78, 5) is 2.44. The molecule has 1 unspecified atom stereocenters. The molecule has 1 saturated heterocycles. The van der Waals surface area contributed by atoms with Crippen molar-refractivity contribution < 1.29 is 9.94 Å². The van der Waals surface area contributed by atoms with Crippen LogP contribution < -0.4 is 5.73 Å². The fraction of sp³-hybridized carbons (Fsp3) is 0.923. The lowest BCUT2D eigenvalue weighted by molar-refractivity contribution is 0.0673. The Balaban J connectivity index is 2.32. The third kappa shape index (κ3) is 4.82. The van der Waals surface area contributed by atoms with E-state index in [-0.39, 0.29) is 5.41 Å². The molecular weight excluding hydrogens is 230 g/mol. The fourth-order valence-electron chi connectivity index (χ4n) is 2.29. The zero-order valence-corrected chi connectivity index (χ0v) is 11.9. The predicted octanol–water partition coefficient (Wildman–Crippen LogP) is 1.65. The van der Waals surface area contributed by atoms with Gasteiger partial charge >= 0.3 is 0 Å². The van der Waals surface area contributed by atoms with Crippen LogP contribution in [0, 0.1) is 5.41 Å². The summed E-state index contributed by atoms with van der Waals surface area (Å²) in [5.74, 6) is 0.315. The predicted molar refractivity (Wildman–Crippen MR) is 72.9 cm³/mol. The van der Waals surface area contributed by atoms with Crippen LogP contribution >= 0.6 is 0 Å².